The van der Waals surface area contributed by atoms with Crippen molar-refractivity contribution in [1.82, 2.24) is 0 Å². The van der Waals surface area contributed by atoms with Gasteiger partial charge in [-0.05, 0) is 44.9 Å². The average Bonchev–Trinajstić information content (AvgIpc) is 3.25. The van der Waals surface area contributed by atoms with Crippen molar-refractivity contribution in [3.8, 4) is 0 Å². The van der Waals surface area contributed by atoms with Crippen molar-refractivity contribution < 1.29 is 63.1 Å². The van der Waals surface area contributed by atoms with Crippen LogP contribution in [0.1, 0.15) is 213 Å². The fraction of sp³-hybridized carbons (Fsp3) is 0.875. The second kappa shape index (κ2) is 38.6. The van der Waals surface area contributed by atoms with Gasteiger partial charge in [0, 0.05) is 12.8 Å². The highest BCUT2D eigenvalue weighted by atomic mass is 31.2. The van der Waals surface area contributed by atoms with Crippen LogP contribution in [0, 0.1) is 0 Å². The molecule has 0 aromatic heterocycles. The SMILES string of the molecule is CCCCCC/C=C\C/C=C\CCCCCCCCCC(=O)OC(COC(=O)CCCCCCCCCCCCCCCCC)COP(=O)(O)OC1C(O)C(O)C(O)C(O)C1O. The van der Waals surface area contributed by atoms with Crippen LogP contribution in [0.4, 0.5) is 0 Å². The molecule has 1 aliphatic rings. The molecule has 0 amide bonds. The highest BCUT2D eigenvalue weighted by Gasteiger charge is 2.51. The second-order valence-electron chi connectivity index (χ2n) is 17.3. The third-order valence-electron chi connectivity index (χ3n) is 11.5. The number of hydrogen-bond donors (Lipinski definition) is 6. The number of aliphatic hydroxyl groups is 5. The van der Waals surface area contributed by atoms with Gasteiger partial charge in [0.2, 0.25) is 0 Å². The first-order valence-electron chi connectivity index (χ1n) is 24.6. The number of phosphoric acid groups is 1. The lowest BCUT2D eigenvalue weighted by Crippen LogP contribution is -2.64. The van der Waals surface area contributed by atoms with Gasteiger partial charge < -0.3 is 39.9 Å². The van der Waals surface area contributed by atoms with Crippen molar-refractivity contribution in [3.05, 3.63) is 24.3 Å². The number of carbonyl (C=O) groups excluding carboxylic acids is 2. The lowest BCUT2D eigenvalue weighted by molar-refractivity contribution is -0.220. The number of ether oxygens (including phenoxy) is 2. The normalized spacial score (nSPS) is 22.0. The second-order valence-corrected chi connectivity index (χ2v) is 18.7. The smallest absolute Gasteiger partial charge is 0.462 e. The molecular formula is C48H89O13P. The van der Waals surface area contributed by atoms with Crippen molar-refractivity contribution >= 4 is 19.8 Å². The molecule has 6 N–H and O–H groups in total. The van der Waals surface area contributed by atoms with E-state index >= 15 is 0 Å². The van der Waals surface area contributed by atoms with E-state index < -0.39 is 75.7 Å². The minimum Gasteiger partial charge on any atom is -0.462 e. The molecule has 0 aromatic carbocycles. The Hall–Kier alpha value is -1.67. The molecule has 6 atom stereocenters. The van der Waals surface area contributed by atoms with E-state index in [9.17, 15) is 44.6 Å². The highest BCUT2D eigenvalue weighted by Crippen LogP contribution is 2.47. The third-order valence-corrected chi connectivity index (χ3v) is 12.5. The fourth-order valence-electron chi connectivity index (χ4n) is 7.55. The molecule has 14 heteroatoms. The predicted octanol–water partition coefficient (Wildman–Crippen LogP) is 10.0. The third kappa shape index (κ3) is 30.5. The first-order chi connectivity index (χ1) is 29.9. The Kier molecular flexibility index (Phi) is 36.3. The summed E-state index contributed by atoms with van der Waals surface area (Å²) in [5, 5.41) is 50.2. The van der Waals surface area contributed by atoms with E-state index in [0.717, 1.165) is 70.6 Å². The maximum absolute atomic E-state index is 12.8. The molecule has 364 valence electrons. The van der Waals surface area contributed by atoms with Gasteiger partial charge in [-0.3, -0.25) is 18.6 Å². The standard InChI is InChI=1S/C48H89O13P/c1-3-5-7-9-11-13-15-17-19-20-21-23-25-27-29-31-33-35-37-42(50)60-40(39-59-62(56,57)61-48-46(54)44(52)43(51)45(53)47(48)55)38-58-41(49)36-34-32-30-28-26-24-22-18-16-14-12-10-8-6-4-2/h13,15,19-20,40,43-48,51-55H,3-12,14,16-18,21-39H2,1-2H3,(H,56,57)/b15-13-,20-19-. The zero-order valence-electron chi connectivity index (χ0n) is 38.7. The number of aliphatic hydroxyl groups excluding tert-OH is 5. The van der Waals surface area contributed by atoms with E-state index in [-0.39, 0.29) is 12.8 Å². The largest absolute Gasteiger partial charge is 0.472 e. The number of hydrogen-bond acceptors (Lipinski definition) is 12. The maximum Gasteiger partial charge on any atom is 0.472 e. The Labute approximate surface area is 375 Å². The van der Waals surface area contributed by atoms with Crippen LogP contribution in [-0.4, -0.2) is 98.3 Å². The Bertz CT molecular complexity index is 1180. The minimum atomic E-state index is -5.12. The van der Waals surface area contributed by atoms with Crippen molar-refractivity contribution in [2.45, 2.75) is 256 Å². The van der Waals surface area contributed by atoms with E-state index in [1.165, 1.54) is 103 Å². The van der Waals surface area contributed by atoms with Gasteiger partial charge in [0.15, 0.2) is 6.10 Å². The summed E-state index contributed by atoms with van der Waals surface area (Å²) in [6, 6.07) is 0. The van der Waals surface area contributed by atoms with Crippen LogP contribution >= 0.6 is 7.82 Å². The van der Waals surface area contributed by atoms with Gasteiger partial charge in [0.25, 0.3) is 0 Å². The van der Waals surface area contributed by atoms with E-state index in [4.69, 9.17) is 18.5 Å². The first kappa shape index (κ1) is 58.3. The van der Waals surface area contributed by atoms with Gasteiger partial charge in [-0.15, -0.1) is 0 Å². The molecule has 6 unspecified atom stereocenters. The molecule has 1 fully saturated rings. The van der Waals surface area contributed by atoms with E-state index in [2.05, 4.69) is 38.2 Å². The van der Waals surface area contributed by atoms with Crippen LogP contribution < -0.4 is 0 Å². The molecule has 0 bridgehead atoms. The molecule has 0 heterocycles. The molecule has 0 saturated heterocycles. The van der Waals surface area contributed by atoms with Gasteiger partial charge in [0.05, 0.1) is 6.61 Å². The molecule has 0 aliphatic heterocycles. The van der Waals surface area contributed by atoms with E-state index in [1.54, 1.807) is 0 Å². The van der Waals surface area contributed by atoms with Crippen LogP contribution in [0.2, 0.25) is 0 Å². The Morgan fingerprint density at radius 1 is 0.500 bits per heavy atom. The van der Waals surface area contributed by atoms with Crippen LogP contribution in [0.25, 0.3) is 0 Å². The topological polar surface area (TPSA) is 210 Å². The number of rotatable bonds is 41. The minimum absolute atomic E-state index is 0.0907. The van der Waals surface area contributed by atoms with E-state index in [0.29, 0.717) is 12.8 Å². The molecule has 0 aromatic rings. The monoisotopic (exact) mass is 905 g/mol. The lowest BCUT2D eigenvalue weighted by Gasteiger charge is -2.41. The molecular weight excluding hydrogens is 815 g/mol. The maximum atomic E-state index is 12.8. The lowest BCUT2D eigenvalue weighted by atomic mass is 9.85. The predicted molar refractivity (Wildman–Crippen MR) is 244 cm³/mol. The van der Waals surface area contributed by atoms with Crippen LogP contribution in [-0.2, 0) is 32.7 Å². The van der Waals surface area contributed by atoms with Crippen molar-refractivity contribution in [2.75, 3.05) is 13.2 Å². The highest BCUT2D eigenvalue weighted by molar-refractivity contribution is 7.47. The Morgan fingerprint density at radius 2 is 0.871 bits per heavy atom. The first-order valence-corrected chi connectivity index (χ1v) is 26.1. The summed E-state index contributed by atoms with van der Waals surface area (Å²) >= 11 is 0. The number of unbranched alkanes of at least 4 members (excludes halogenated alkanes) is 25. The molecule has 1 rings (SSSR count). The zero-order chi connectivity index (χ0) is 45.7. The Balaban J connectivity index is 2.43. The van der Waals surface area contributed by atoms with Crippen LogP contribution in [0.3, 0.4) is 0 Å². The van der Waals surface area contributed by atoms with Crippen molar-refractivity contribution in [3.63, 3.8) is 0 Å². The van der Waals surface area contributed by atoms with Gasteiger partial charge in [-0.2, -0.15) is 0 Å². The Morgan fingerprint density at radius 3 is 1.32 bits per heavy atom. The summed E-state index contributed by atoms with van der Waals surface area (Å²) in [5.74, 6) is -1.10. The van der Waals surface area contributed by atoms with Crippen molar-refractivity contribution in [2.24, 2.45) is 0 Å². The molecule has 13 nitrogen and oxygen atoms in total. The molecule has 0 radical (unpaired) electrons. The number of esters is 2. The summed E-state index contributed by atoms with van der Waals surface area (Å²) in [7, 11) is -5.12. The van der Waals surface area contributed by atoms with Crippen molar-refractivity contribution in [1.29, 1.82) is 0 Å². The fourth-order valence-corrected chi connectivity index (χ4v) is 8.53. The van der Waals surface area contributed by atoms with Gasteiger partial charge in [-0.1, -0.05) is 179 Å². The molecule has 1 saturated carbocycles. The summed E-state index contributed by atoms with van der Waals surface area (Å²) in [6.45, 7) is 3.30. The quantitative estimate of drug-likeness (QED) is 0.0146. The molecule has 62 heavy (non-hydrogen) atoms. The summed E-state index contributed by atoms with van der Waals surface area (Å²) in [5.41, 5.74) is 0. The van der Waals surface area contributed by atoms with Crippen LogP contribution in [0.5, 0.6) is 0 Å². The molecule has 0 spiro atoms. The number of allylic oxidation sites excluding steroid dienone is 4. The summed E-state index contributed by atoms with van der Waals surface area (Å²) in [4.78, 5) is 35.8. The molecule has 1 aliphatic carbocycles. The average molecular weight is 905 g/mol. The van der Waals surface area contributed by atoms with Gasteiger partial charge in [0.1, 0.15) is 43.2 Å². The summed E-state index contributed by atoms with van der Waals surface area (Å²) in [6.07, 6.45) is 29.4. The van der Waals surface area contributed by atoms with Gasteiger partial charge >= 0.3 is 19.8 Å². The van der Waals surface area contributed by atoms with Crippen LogP contribution in [0.15, 0.2) is 24.3 Å². The number of carbonyl (C=O) groups is 2. The van der Waals surface area contributed by atoms with E-state index in [1.807, 2.05) is 0 Å². The number of phosphoric ester groups is 1. The zero-order valence-corrected chi connectivity index (χ0v) is 39.6. The summed E-state index contributed by atoms with van der Waals surface area (Å²) < 4.78 is 33.6. The van der Waals surface area contributed by atoms with Gasteiger partial charge in [-0.25, -0.2) is 4.57 Å².